The third kappa shape index (κ3) is 4.82. The molecule has 1 aromatic carbocycles. The van der Waals surface area contributed by atoms with Gasteiger partial charge in [-0.1, -0.05) is 48.1 Å². The summed E-state index contributed by atoms with van der Waals surface area (Å²) < 4.78 is 11.7. The Labute approximate surface area is 151 Å². The number of rotatable bonds is 7. The molecule has 0 fully saturated rings. The van der Waals surface area contributed by atoms with Crippen molar-refractivity contribution in [1.82, 2.24) is 0 Å². The van der Waals surface area contributed by atoms with Crippen molar-refractivity contribution < 1.29 is 14.3 Å². The lowest BCUT2D eigenvalue weighted by Gasteiger charge is -2.39. The highest BCUT2D eigenvalue weighted by Crippen LogP contribution is 2.45. The second-order valence-electron chi connectivity index (χ2n) is 7.22. The number of methoxy groups -OCH3 is 1. The Bertz CT molecular complexity index is 640. The predicted molar refractivity (Wildman–Crippen MR) is 102 cm³/mol. The first-order valence-electron chi connectivity index (χ1n) is 8.98. The van der Waals surface area contributed by atoms with E-state index in [0.29, 0.717) is 0 Å². The maximum atomic E-state index is 11.6. The van der Waals surface area contributed by atoms with Gasteiger partial charge >= 0.3 is 5.97 Å². The van der Waals surface area contributed by atoms with Gasteiger partial charge in [0.15, 0.2) is 0 Å². The van der Waals surface area contributed by atoms with E-state index < -0.39 is 5.60 Å². The summed E-state index contributed by atoms with van der Waals surface area (Å²) in [4.78, 5) is 11.6. The lowest BCUT2D eigenvalue weighted by molar-refractivity contribution is -0.153. The average molecular weight is 342 g/mol. The van der Waals surface area contributed by atoms with E-state index in [0.717, 1.165) is 19.3 Å². The van der Waals surface area contributed by atoms with Crippen LogP contribution in [0.25, 0.3) is 5.57 Å². The molecule has 2 rings (SSSR count). The van der Waals surface area contributed by atoms with Crippen LogP contribution in [0.5, 0.6) is 0 Å². The molecule has 0 N–H and O–H groups in total. The van der Waals surface area contributed by atoms with Gasteiger partial charge in [0, 0.05) is 20.5 Å². The van der Waals surface area contributed by atoms with Gasteiger partial charge in [-0.3, -0.25) is 4.79 Å². The van der Waals surface area contributed by atoms with Crippen molar-refractivity contribution in [2.45, 2.75) is 58.7 Å². The fourth-order valence-electron chi connectivity index (χ4n) is 3.72. The van der Waals surface area contributed by atoms with Crippen molar-refractivity contribution in [3.63, 3.8) is 0 Å². The van der Waals surface area contributed by atoms with Crippen LogP contribution in [0.3, 0.4) is 0 Å². The van der Waals surface area contributed by atoms with Gasteiger partial charge in [0.1, 0.15) is 6.10 Å². The number of hydrogen-bond acceptors (Lipinski definition) is 3. The summed E-state index contributed by atoms with van der Waals surface area (Å²) in [5.41, 5.74) is 3.30. The minimum absolute atomic E-state index is 0.0226. The van der Waals surface area contributed by atoms with Crippen molar-refractivity contribution in [3.05, 3.63) is 53.6 Å². The number of benzene rings is 1. The highest BCUT2D eigenvalue weighted by atomic mass is 16.5. The molecule has 25 heavy (non-hydrogen) atoms. The number of carbonyl (C=O) groups excluding carboxylic acids is 1. The zero-order valence-electron chi connectivity index (χ0n) is 16.0. The minimum atomic E-state index is -0.399. The Morgan fingerprint density at radius 3 is 2.48 bits per heavy atom. The topological polar surface area (TPSA) is 35.5 Å². The molecule has 0 saturated carbocycles. The highest BCUT2D eigenvalue weighted by Gasteiger charge is 2.45. The van der Waals surface area contributed by atoms with Gasteiger partial charge in [-0.05, 0) is 44.7 Å². The summed E-state index contributed by atoms with van der Waals surface area (Å²) in [6, 6.07) is 10.3. The first kappa shape index (κ1) is 19.5. The predicted octanol–water partition coefficient (Wildman–Crippen LogP) is 5.17. The summed E-state index contributed by atoms with van der Waals surface area (Å²) in [6.07, 6.45) is 6.81. The van der Waals surface area contributed by atoms with E-state index >= 15 is 0 Å². The van der Waals surface area contributed by atoms with Crippen molar-refractivity contribution in [3.8, 4) is 0 Å². The van der Waals surface area contributed by atoms with Gasteiger partial charge in [-0.15, -0.1) is 0 Å². The van der Waals surface area contributed by atoms with E-state index in [-0.39, 0.29) is 18.0 Å². The fraction of sp³-hybridized carbons (Fsp3) is 0.500. The van der Waals surface area contributed by atoms with Gasteiger partial charge in [0.2, 0.25) is 0 Å². The Morgan fingerprint density at radius 1 is 1.24 bits per heavy atom. The van der Waals surface area contributed by atoms with Crippen molar-refractivity contribution in [1.29, 1.82) is 0 Å². The van der Waals surface area contributed by atoms with Gasteiger partial charge in [-0.2, -0.15) is 0 Å². The molecule has 0 amide bonds. The van der Waals surface area contributed by atoms with Crippen LogP contribution in [0.4, 0.5) is 0 Å². The SMILES string of the molecule is CO[C@](C)(CCC=C(C)C)[C@H]1C(c2ccccc2)=CC[C@@H]1OC(C)=O. The van der Waals surface area contributed by atoms with Gasteiger partial charge in [0.25, 0.3) is 0 Å². The first-order valence-corrected chi connectivity index (χ1v) is 8.98. The Hall–Kier alpha value is -1.87. The molecule has 0 spiro atoms. The molecular formula is C22H30O3. The van der Waals surface area contributed by atoms with E-state index in [1.165, 1.54) is 23.6 Å². The quantitative estimate of drug-likeness (QED) is 0.506. The number of esters is 1. The van der Waals surface area contributed by atoms with Crippen LogP contribution in [0.15, 0.2) is 48.1 Å². The molecule has 0 radical (unpaired) electrons. The molecule has 1 aliphatic carbocycles. The second-order valence-corrected chi connectivity index (χ2v) is 7.22. The molecule has 3 atom stereocenters. The zero-order chi connectivity index (χ0) is 18.4. The van der Waals surface area contributed by atoms with Crippen LogP contribution in [-0.4, -0.2) is 24.8 Å². The third-order valence-corrected chi connectivity index (χ3v) is 5.02. The lowest BCUT2D eigenvalue weighted by atomic mass is 9.77. The normalized spacial score (nSPS) is 22.0. The molecule has 0 unspecified atom stereocenters. The van der Waals surface area contributed by atoms with Crippen molar-refractivity contribution in [2.24, 2.45) is 5.92 Å². The molecule has 0 bridgehead atoms. The van der Waals surface area contributed by atoms with Crippen LogP contribution in [-0.2, 0) is 14.3 Å². The molecule has 0 aliphatic heterocycles. The number of allylic oxidation sites excluding steroid dienone is 2. The molecule has 3 heteroatoms. The fourth-order valence-corrected chi connectivity index (χ4v) is 3.72. The Balaban J connectivity index is 2.34. The van der Waals surface area contributed by atoms with E-state index in [1.807, 2.05) is 18.2 Å². The standard InChI is InChI=1S/C22H30O3/c1-16(2)10-9-15-22(4,24-5)21-19(18-11-7-6-8-12-18)13-14-20(21)25-17(3)23/h6-8,10-13,20-21H,9,14-15H2,1-5H3/t20-,21-,22+/m0/s1. The summed E-state index contributed by atoms with van der Waals surface area (Å²) in [6.45, 7) is 7.83. The highest BCUT2D eigenvalue weighted by molar-refractivity contribution is 5.73. The first-order chi connectivity index (χ1) is 11.9. The van der Waals surface area contributed by atoms with Crippen molar-refractivity contribution >= 4 is 11.5 Å². The molecule has 1 aliphatic rings. The van der Waals surface area contributed by atoms with Crippen LogP contribution in [0.1, 0.15) is 52.5 Å². The summed E-state index contributed by atoms with van der Waals surface area (Å²) >= 11 is 0. The maximum Gasteiger partial charge on any atom is 0.302 e. The Morgan fingerprint density at radius 2 is 1.92 bits per heavy atom. The van der Waals surface area contributed by atoms with Gasteiger partial charge < -0.3 is 9.47 Å². The second kappa shape index (κ2) is 8.48. The average Bonchev–Trinajstić information content (AvgIpc) is 2.98. The van der Waals surface area contributed by atoms with Crippen LogP contribution < -0.4 is 0 Å². The monoisotopic (exact) mass is 342 g/mol. The number of hydrogen-bond donors (Lipinski definition) is 0. The number of ether oxygens (including phenoxy) is 2. The van der Waals surface area contributed by atoms with Crippen molar-refractivity contribution in [2.75, 3.05) is 7.11 Å². The molecule has 0 aromatic heterocycles. The molecule has 0 heterocycles. The summed E-state index contributed by atoms with van der Waals surface area (Å²) in [5, 5.41) is 0. The summed E-state index contributed by atoms with van der Waals surface area (Å²) in [5.74, 6) is -0.213. The number of carbonyl (C=O) groups is 1. The van der Waals surface area contributed by atoms with Crippen LogP contribution >= 0.6 is 0 Å². The zero-order valence-corrected chi connectivity index (χ0v) is 16.0. The maximum absolute atomic E-state index is 11.6. The lowest BCUT2D eigenvalue weighted by Crippen LogP contribution is -2.43. The van der Waals surface area contributed by atoms with Crippen LogP contribution in [0.2, 0.25) is 0 Å². The van der Waals surface area contributed by atoms with Crippen LogP contribution in [0, 0.1) is 5.92 Å². The minimum Gasteiger partial charge on any atom is -0.461 e. The third-order valence-electron chi connectivity index (χ3n) is 5.02. The Kier molecular flexibility index (Phi) is 6.60. The largest absolute Gasteiger partial charge is 0.461 e. The molecule has 1 aromatic rings. The summed E-state index contributed by atoms with van der Waals surface area (Å²) in [7, 11) is 1.76. The molecule has 136 valence electrons. The molecule has 0 saturated heterocycles. The van der Waals surface area contributed by atoms with E-state index in [1.54, 1.807) is 7.11 Å². The van der Waals surface area contributed by atoms with E-state index in [2.05, 4.69) is 45.1 Å². The molecule has 3 nitrogen and oxygen atoms in total. The van der Waals surface area contributed by atoms with E-state index in [9.17, 15) is 4.79 Å². The molecular weight excluding hydrogens is 312 g/mol. The van der Waals surface area contributed by atoms with Gasteiger partial charge in [0.05, 0.1) is 11.5 Å². The van der Waals surface area contributed by atoms with Gasteiger partial charge in [-0.25, -0.2) is 0 Å². The smallest absolute Gasteiger partial charge is 0.302 e. The van der Waals surface area contributed by atoms with E-state index in [4.69, 9.17) is 9.47 Å².